The lowest BCUT2D eigenvalue weighted by Crippen LogP contribution is -2.44. The minimum atomic E-state index is -0.0538. The number of aryl methyl sites for hydroxylation is 2. The van der Waals surface area contributed by atoms with E-state index in [-0.39, 0.29) is 12.0 Å². The molecule has 0 N–H and O–H groups in total. The zero-order valence-electron chi connectivity index (χ0n) is 16.8. The Kier molecular flexibility index (Phi) is 5.55. The van der Waals surface area contributed by atoms with Gasteiger partial charge < -0.3 is 14.2 Å². The topological polar surface area (TPSA) is 73.1 Å². The van der Waals surface area contributed by atoms with Gasteiger partial charge in [-0.3, -0.25) is 4.79 Å². The Hall–Kier alpha value is -3.22. The molecule has 4 rings (SSSR count). The summed E-state index contributed by atoms with van der Waals surface area (Å²) in [5, 5.41) is 0. The van der Waals surface area contributed by atoms with Crippen molar-refractivity contribution >= 4 is 5.91 Å². The number of carbonyl (C=O) groups excluding carboxylic acids is 1. The summed E-state index contributed by atoms with van der Waals surface area (Å²) in [6.45, 7) is 5.84. The Bertz CT molecular complexity index is 949. The molecule has 29 heavy (non-hydrogen) atoms. The highest BCUT2D eigenvalue weighted by Crippen LogP contribution is 2.19. The Morgan fingerprint density at radius 1 is 1.21 bits per heavy atom. The predicted molar refractivity (Wildman–Crippen MR) is 109 cm³/mol. The summed E-state index contributed by atoms with van der Waals surface area (Å²) < 4.78 is 8.06. The van der Waals surface area contributed by atoms with Crippen LogP contribution in [0, 0.1) is 13.8 Å². The molecule has 3 aromatic rings. The zero-order valence-corrected chi connectivity index (χ0v) is 16.8. The number of rotatable bonds is 5. The van der Waals surface area contributed by atoms with Crippen molar-refractivity contribution in [1.82, 2.24) is 24.4 Å². The van der Waals surface area contributed by atoms with Crippen molar-refractivity contribution in [3.8, 4) is 5.88 Å². The molecule has 2 aromatic heterocycles. The predicted octanol–water partition coefficient (Wildman–Crippen LogP) is 3.02. The van der Waals surface area contributed by atoms with E-state index in [0.717, 1.165) is 37.2 Å². The van der Waals surface area contributed by atoms with E-state index in [1.165, 1.54) is 0 Å². The summed E-state index contributed by atoms with van der Waals surface area (Å²) >= 11 is 0. The monoisotopic (exact) mass is 391 g/mol. The van der Waals surface area contributed by atoms with Crippen molar-refractivity contribution in [2.24, 2.45) is 0 Å². The van der Waals surface area contributed by atoms with E-state index in [9.17, 15) is 4.79 Å². The highest BCUT2D eigenvalue weighted by atomic mass is 16.5. The third-order valence-electron chi connectivity index (χ3n) is 5.02. The molecule has 1 saturated heterocycles. The minimum Gasteiger partial charge on any atom is -0.472 e. The zero-order chi connectivity index (χ0) is 20.2. The first-order valence-corrected chi connectivity index (χ1v) is 9.90. The number of amides is 1. The lowest BCUT2D eigenvalue weighted by Gasteiger charge is -2.32. The van der Waals surface area contributed by atoms with E-state index < -0.39 is 0 Å². The SMILES string of the molecule is Cc1cc(OC2CCCN(C(=O)c3ccc(Cn4ccnc4)cc3)C2)nc(C)n1. The van der Waals surface area contributed by atoms with Crippen LogP contribution in [-0.2, 0) is 6.54 Å². The number of hydrogen-bond donors (Lipinski definition) is 0. The van der Waals surface area contributed by atoms with Crippen LogP contribution in [0.2, 0.25) is 0 Å². The first kappa shape index (κ1) is 19.1. The van der Waals surface area contributed by atoms with Gasteiger partial charge in [0.25, 0.3) is 5.91 Å². The van der Waals surface area contributed by atoms with Crippen LogP contribution in [0.5, 0.6) is 5.88 Å². The lowest BCUT2D eigenvalue weighted by molar-refractivity contribution is 0.0527. The smallest absolute Gasteiger partial charge is 0.253 e. The maximum absolute atomic E-state index is 13.0. The first-order valence-electron chi connectivity index (χ1n) is 9.90. The molecule has 1 unspecified atom stereocenters. The fourth-order valence-corrected chi connectivity index (χ4v) is 3.66. The van der Waals surface area contributed by atoms with Crippen molar-refractivity contribution in [3.05, 3.63) is 71.7 Å². The van der Waals surface area contributed by atoms with Crippen LogP contribution in [-0.4, -0.2) is 49.5 Å². The number of piperidine rings is 1. The first-order chi connectivity index (χ1) is 14.1. The molecule has 0 radical (unpaired) electrons. The summed E-state index contributed by atoms with van der Waals surface area (Å²) in [6.07, 6.45) is 7.24. The number of hydrogen-bond acceptors (Lipinski definition) is 5. The molecule has 1 aliphatic heterocycles. The van der Waals surface area contributed by atoms with Gasteiger partial charge in [0.1, 0.15) is 11.9 Å². The van der Waals surface area contributed by atoms with Crippen molar-refractivity contribution in [1.29, 1.82) is 0 Å². The molecule has 7 heteroatoms. The van der Waals surface area contributed by atoms with Crippen LogP contribution >= 0.6 is 0 Å². The van der Waals surface area contributed by atoms with E-state index in [1.807, 2.05) is 59.8 Å². The molecule has 150 valence electrons. The Morgan fingerprint density at radius 2 is 2.03 bits per heavy atom. The summed E-state index contributed by atoms with van der Waals surface area (Å²) in [5.41, 5.74) is 2.72. The van der Waals surface area contributed by atoms with Crippen molar-refractivity contribution in [2.75, 3.05) is 13.1 Å². The third-order valence-corrected chi connectivity index (χ3v) is 5.02. The fourth-order valence-electron chi connectivity index (χ4n) is 3.66. The highest BCUT2D eigenvalue weighted by Gasteiger charge is 2.26. The standard InChI is InChI=1S/C22H25N5O2/c1-16-12-21(25-17(2)24-16)29-20-4-3-10-27(14-20)22(28)19-7-5-18(6-8-19)13-26-11-9-23-15-26/h5-9,11-12,15,20H,3-4,10,13-14H2,1-2H3. The summed E-state index contributed by atoms with van der Waals surface area (Å²) in [4.78, 5) is 27.5. The average Bonchev–Trinajstić information content (AvgIpc) is 3.20. The van der Waals surface area contributed by atoms with Crippen LogP contribution < -0.4 is 4.74 Å². The molecule has 0 bridgehead atoms. The largest absolute Gasteiger partial charge is 0.472 e. The van der Waals surface area contributed by atoms with Gasteiger partial charge in [0.2, 0.25) is 5.88 Å². The summed E-state index contributed by atoms with van der Waals surface area (Å²) in [6, 6.07) is 9.63. The molecule has 0 aliphatic carbocycles. The quantitative estimate of drug-likeness (QED) is 0.668. The van der Waals surface area contributed by atoms with Crippen LogP contribution in [0.25, 0.3) is 0 Å². The van der Waals surface area contributed by atoms with E-state index in [1.54, 1.807) is 12.5 Å². The summed E-state index contributed by atoms with van der Waals surface area (Å²) in [7, 11) is 0. The van der Waals surface area contributed by atoms with E-state index in [4.69, 9.17) is 4.74 Å². The second-order valence-electron chi connectivity index (χ2n) is 7.46. The minimum absolute atomic E-state index is 0.0440. The number of nitrogens with zero attached hydrogens (tertiary/aromatic N) is 5. The number of carbonyl (C=O) groups is 1. The van der Waals surface area contributed by atoms with E-state index in [2.05, 4.69) is 15.0 Å². The molecule has 1 atom stereocenters. The number of likely N-dealkylation sites (tertiary alicyclic amines) is 1. The van der Waals surface area contributed by atoms with Crippen molar-refractivity contribution in [2.45, 2.75) is 39.3 Å². The summed E-state index contributed by atoms with van der Waals surface area (Å²) in [5.74, 6) is 1.32. The maximum atomic E-state index is 13.0. The van der Waals surface area contributed by atoms with Crippen molar-refractivity contribution < 1.29 is 9.53 Å². The van der Waals surface area contributed by atoms with Crippen LogP contribution in [0.1, 0.15) is 40.3 Å². The molecular formula is C22H25N5O2. The molecule has 3 heterocycles. The van der Waals surface area contributed by atoms with Crippen molar-refractivity contribution in [3.63, 3.8) is 0 Å². The Balaban J connectivity index is 1.39. The highest BCUT2D eigenvalue weighted by molar-refractivity contribution is 5.94. The molecule has 7 nitrogen and oxygen atoms in total. The number of imidazole rings is 1. The number of benzene rings is 1. The van der Waals surface area contributed by atoms with Gasteiger partial charge in [-0.05, 0) is 44.4 Å². The van der Waals surface area contributed by atoms with Gasteiger partial charge in [0.05, 0.1) is 12.9 Å². The Morgan fingerprint density at radius 3 is 2.76 bits per heavy atom. The molecule has 1 aromatic carbocycles. The Labute approximate surface area is 170 Å². The molecule has 1 aliphatic rings. The van der Waals surface area contributed by atoms with Gasteiger partial charge in [0.15, 0.2) is 0 Å². The van der Waals surface area contributed by atoms with E-state index in [0.29, 0.717) is 23.8 Å². The number of ether oxygens (including phenoxy) is 1. The maximum Gasteiger partial charge on any atom is 0.253 e. The van der Waals surface area contributed by atoms with Gasteiger partial charge in [-0.15, -0.1) is 0 Å². The van der Waals surface area contributed by atoms with Gasteiger partial charge in [-0.2, -0.15) is 4.98 Å². The van der Waals surface area contributed by atoms with Crippen LogP contribution in [0.3, 0.4) is 0 Å². The fraction of sp³-hybridized carbons (Fsp3) is 0.364. The van der Waals surface area contributed by atoms with Crippen LogP contribution in [0.15, 0.2) is 49.1 Å². The molecular weight excluding hydrogens is 366 g/mol. The van der Waals surface area contributed by atoms with Gasteiger partial charge in [-0.1, -0.05) is 12.1 Å². The van der Waals surface area contributed by atoms with Gasteiger partial charge in [-0.25, -0.2) is 9.97 Å². The molecule has 0 saturated carbocycles. The molecule has 1 amide bonds. The van der Waals surface area contributed by atoms with Gasteiger partial charge >= 0.3 is 0 Å². The van der Waals surface area contributed by atoms with E-state index >= 15 is 0 Å². The number of aromatic nitrogens is 4. The lowest BCUT2D eigenvalue weighted by atomic mass is 10.1. The second-order valence-corrected chi connectivity index (χ2v) is 7.46. The molecule has 0 spiro atoms. The molecule has 1 fully saturated rings. The third kappa shape index (κ3) is 4.80. The normalized spacial score (nSPS) is 16.6. The van der Waals surface area contributed by atoms with Crippen LogP contribution in [0.4, 0.5) is 0 Å². The average molecular weight is 391 g/mol. The van der Waals surface area contributed by atoms with Gasteiger partial charge in [0, 0.05) is 42.8 Å². The second kappa shape index (κ2) is 8.43.